The Kier molecular flexibility index (Phi) is 12.9. The van der Waals surface area contributed by atoms with Gasteiger partial charge in [-0.15, -0.1) is 0 Å². The number of ether oxygens (including phenoxy) is 1. The number of hydrogen-bond donors (Lipinski definition) is 1. The average molecular weight is 287 g/mol. The predicted molar refractivity (Wildman–Crippen MR) is 84.0 cm³/mol. The van der Waals surface area contributed by atoms with Gasteiger partial charge in [0.2, 0.25) is 0 Å². The van der Waals surface area contributed by atoms with Crippen LogP contribution in [0.5, 0.6) is 0 Å². The molecule has 0 aromatic carbocycles. The van der Waals surface area contributed by atoms with E-state index >= 15 is 0 Å². The molecule has 0 spiro atoms. The molecule has 0 aliphatic carbocycles. The van der Waals surface area contributed by atoms with Crippen LogP contribution in [0, 0.1) is 0 Å². The molecule has 0 saturated carbocycles. The number of carbonyl (C=O) groups is 1. The lowest BCUT2D eigenvalue weighted by atomic mass is 10.3. The van der Waals surface area contributed by atoms with E-state index in [1.54, 1.807) is 0 Å². The van der Waals surface area contributed by atoms with Gasteiger partial charge in [0.05, 0.1) is 13.5 Å². The van der Waals surface area contributed by atoms with Crippen LogP contribution < -0.4 is 5.32 Å². The Hall–Kier alpha value is -0.650. The van der Waals surface area contributed by atoms with Crippen molar-refractivity contribution < 1.29 is 9.53 Å². The Balaban J connectivity index is 3.67. The van der Waals surface area contributed by atoms with E-state index in [2.05, 4.69) is 40.6 Å². The average Bonchev–Trinajstić information content (AvgIpc) is 2.48. The molecule has 0 aromatic rings. The Morgan fingerprint density at radius 3 is 2.05 bits per heavy atom. The van der Waals surface area contributed by atoms with Gasteiger partial charge < -0.3 is 19.9 Å². The number of nitrogens with zero attached hydrogens (tertiary/aromatic N) is 2. The van der Waals surface area contributed by atoms with E-state index in [-0.39, 0.29) is 5.97 Å². The lowest BCUT2D eigenvalue weighted by Gasteiger charge is -2.25. The standard InChI is InChI=1S/C15H33N3O2/c1-5-11-17(6-2)13-14-18(7-3)12-10-16-9-8-15(19)20-4/h16H,5-14H2,1-4H3. The summed E-state index contributed by atoms with van der Waals surface area (Å²) in [6, 6.07) is 0. The number of carbonyl (C=O) groups excluding carboxylic acids is 1. The fraction of sp³-hybridized carbons (Fsp3) is 0.933. The van der Waals surface area contributed by atoms with Crippen LogP contribution in [0.4, 0.5) is 0 Å². The smallest absolute Gasteiger partial charge is 0.306 e. The summed E-state index contributed by atoms with van der Waals surface area (Å²) in [5.41, 5.74) is 0. The van der Waals surface area contributed by atoms with Crippen LogP contribution >= 0.6 is 0 Å². The van der Waals surface area contributed by atoms with Gasteiger partial charge >= 0.3 is 5.97 Å². The molecule has 5 heteroatoms. The molecule has 0 unspecified atom stereocenters. The van der Waals surface area contributed by atoms with Crippen molar-refractivity contribution in [1.82, 2.24) is 15.1 Å². The number of rotatable bonds is 13. The molecule has 0 atom stereocenters. The molecule has 5 nitrogen and oxygen atoms in total. The van der Waals surface area contributed by atoms with Crippen molar-refractivity contribution in [3.8, 4) is 0 Å². The van der Waals surface area contributed by atoms with Crippen molar-refractivity contribution in [1.29, 1.82) is 0 Å². The second-order valence-electron chi connectivity index (χ2n) is 4.94. The van der Waals surface area contributed by atoms with Crippen LogP contribution in [0.3, 0.4) is 0 Å². The first-order valence-electron chi connectivity index (χ1n) is 7.90. The van der Waals surface area contributed by atoms with E-state index in [0.29, 0.717) is 13.0 Å². The molecular weight excluding hydrogens is 254 g/mol. The zero-order chi connectivity index (χ0) is 15.2. The molecule has 0 bridgehead atoms. The van der Waals surface area contributed by atoms with Crippen LogP contribution in [-0.2, 0) is 9.53 Å². The summed E-state index contributed by atoms with van der Waals surface area (Å²) in [6.07, 6.45) is 1.66. The normalized spacial score (nSPS) is 11.3. The van der Waals surface area contributed by atoms with Gasteiger partial charge in [0.1, 0.15) is 0 Å². The fourth-order valence-corrected chi connectivity index (χ4v) is 2.11. The van der Waals surface area contributed by atoms with Gasteiger partial charge in [-0.1, -0.05) is 20.8 Å². The minimum atomic E-state index is -0.150. The predicted octanol–water partition coefficient (Wildman–Crippen LogP) is 1.19. The molecule has 0 rings (SSSR count). The maximum absolute atomic E-state index is 11.0. The lowest BCUT2D eigenvalue weighted by molar-refractivity contribution is -0.140. The van der Waals surface area contributed by atoms with Crippen LogP contribution in [0.2, 0.25) is 0 Å². The molecule has 0 aliphatic rings. The third-order valence-corrected chi connectivity index (χ3v) is 3.51. The Morgan fingerprint density at radius 1 is 0.950 bits per heavy atom. The maximum atomic E-state index is 11.0. The number of likely N-dealkylation sites (N-methyl/N-ethyl adjacent to an activating group) is 2. The van der Waals surface area contributed by atoms with Crippen molar-refractivity contribution in [2.24, 2.45) is 0 Å². The quantitative estimate of drug-likeness (QED) is 0.407. The first kappa shape index (κ1) is 19.4. The van der Waals surface area contributed by atoms with Crippen molar-refractivity contribution in [2.75, 3.05) is 59.5 Å². The molecule has 120 valence electrons. The SMILES string of the molecule is CCCN(CC)CCN(CC)CCNCCC(=O)OC. The minimum absolute atomic E-state index is 0.150. The molecule has 0 fully saturated rings. The number of esters is 1. The van der Waals surface area contributed by atoms with Crippen LogP contribution in [0.1, 0.15) is 33.6 Å². The highest BCUT2D eigenvalue weighted by Crippen LogP contribution is 1.94. The third-order valence-electron chi connectivity index (χ3n) is 3.51. The number of hydrogen-bond acceptors (Lipinski definition) is 5. The van der Waals surface area contributed by atoms with E-state index in [1.165, 1.54) is 20.1 Å². The van der Waals surface area contributed by atoms with Gasteiger partial charge in [-0.25, -0.2) is 0 Å². The highest BCUT2D eigenvalue weighted by Gasteiger charge is 2.06. The minimum Gasteiger partial charge on any atom is -0.469 e. The van der Waals surface area contributed by atoms with E-state index < -0.39 is 0 Å². The van der Waals surface area contributed by atoms with Crippen molar-refractivity contribution >= 4 is 5.97 Å². The van der Waals surface area contributed by atoms with Crippen molar-refractivity contribution in [2.45, 2.75) is 33.6 Å². The Bertz CT molecular complexity index is 237. The molecule has 1 N–H and O–H groups in total. The third kappa shape index (κ3) is 10.2. The van der Waals surface area contributed by atoms with Gasteiger partial charge in [0.15, 0.2) is 0 Å². The monoisotopic (exact) mass is 287 g/mol. The van der Waals surface area contributed by atoms with Crippen LogP contribution in [-0.4, -0.2) is 75.2 Å². The van der Waals surface area contributed by atoms with E-state index in [0.717, 1.165) is 39.3 Å². The second-order valence-corrected chi connectivity index (χ2v) is 4.94. The van der Waals surface area contributed by atoms with Gasteiger partial charge in [-0.2, -0.15) is 0 Å². The zero-order valence-electron chi connectivity index (χ0n) is 13.8. The lowest BCUT2D eigenvalue weighted by Crippen LogP contribution is -2.39. The molecule has 20 heavy (non-hydrogen) atoms. The van der Waals surface area contributed by atoms with E-state index in [1.807, 2.05) is 0 Å². The molecule has 0 saturated heterocycles. The second kappa shape index (κ2) is 13.3. The maximum Gasteiger partial charge on any atom is 0.306 e. The van der Waals surface area contributed by atoms with E-state index in [4.69, 9.17) is 0 Å². The van der Waals surface area contributed by atoms with Gasteiger partial charge in [0.25, 0.3) is 0 Å². The molecule has 0 aliphatic heterocycles. The molecule has 0 amide bonds. The Morgan fingerprint density at radius 2 is 1.55 bits per heavy atom. The van der Waals surface area contributed by atoms with Gasteiger partial charge in [-0.05, 0) is 26.1 Å². The Labute approximate surface area is 124 Å². The summed E-state index contributed by atoms with van der Waals surface area (Å²) in [5, 5.41) is 3.29. The zero-order valence-corrected chi connectivity index (χ0v) is 13.8. The molecular formula is C15H33N3O2. The van der Waals surface area contributed by atoms with Crippen LogP contribution in [0.25, 0.3) is 0 Å². The molecule has 0 heterocycles. The topological polar surface area (TPSA) is 44.8 Å². The summed E-state index contributed by atoms with van der Waals surface area (Å²) >= 11 is 0. The van der Waals surface area contributed by atoms with Gasteiger partial charge in [-0.3, -0.25) is 4.79 Å². The summed E-state index contributed by atoms with van der Waals surface area (Å²) in [6.45, 7) is 14.9. The molecule has 0 radical (unpaired) electrons. The summed E-state index contributed by atoms with van der Waals surface area (Å²) in [7, 11) is 1.43. The van der Waals surface area contributed by atoms with Gasteiger partial charge in [0, 0.05) is 32.7 Å². The van der Waals surface area contributed by atoms with E-state index in [9.17, 15) is 4.79 Å². The van der Waals surface area contributed by atoms with Crippen molar-refractivity contribution in [3.05, 3.63) is 0 Å². The number of nitrogens with one attached hydrogen (secondary N) is 1. The first-order chi connectivity index (χ1) is 9.67. The fourth-order valence-electron chi connectivity index (χ4n) is 2.11. The highest BCUT2D eigenvalue weighted by atomic mass is 16.5. The first-order valence-corrected chi connectivity index (χ1v) is 7.90. The summed E-state index contributed by atoms with van der Waals surface area (Å²) in [5.74, 6) is -0.150. The highest BCUT2D eigenvalue weighted by molar-refractivity contribution is 5.69. The van der Waals surface area contributed by atoms with Crippen LogP contribution in [0.15, 0.2) is 0 Å². The number of methoxy groups -OCH3 is 1. The van der Waals surface area contributed by atoms with Crippen molar-refractivity contribution in [3.63, 3.8) is 0 Å². The molecule has 0 aromatic heterocycles. The summed E-state index contributed by atoms with van der Waals surface area (Å²) in [4.78, 5) is 15.9. The largest absolute Gasteiger partial charge is 0.469 e. The summed E-state index contributed by atoms with van der Waals surface area (Å²) < 4.78 is 4.60.